The van der Waals surface area contributed by atoms with Crippen LogP contribution in [-0.2, 0) is 4.74 Å². The van der Waals surface area contributed by atoms with Gasteiger partial charge in [0.2, 0.25) is 0 Å². The van der Waals surface area contributed by atoms with Crippen LogP contribution in [0.3, 0.4) is 0 Å². The monoisotopic (exact) mass is 288 g/mol. The van der Waals surface area contributed by atoms with Crippen LogP contribution in [0.4, 0.5) is 0 Å². The largest absolute Gasteiger partial charge is 0.495 e. The van der Waals surface area contributed by atoms with Crippen LogP contribution in [0.15, 0.2) is 16.6 Å². The molecule has 0 aromatic heterocycles. The smallest absolute Gasteiger partial charge is 0.338 e. The molecule has 0 bridgehead atoms. The van der Waals surface area contributed by atoms with Crippen molar-refractivity contribution in [3.05, 3.63) is 22.2 Å². The number of esters is 1. The summed E-state index contributed by atoms with van der Waals surface area (Å²) < 4.78 is 15.8. The number of carbonyl (C=O) groups excluding carboxylic acids is 1. The molecule has 0 aliphatic rings. The number of ether oxygens (including phenoxy) is 3. The SMILES string of the molecule is CCOc1cc(C(=O)OC)cc(OC)c1Br. The molecule has 5 heteroatoms. The van der Waals surface area contributed by atoms with E-state index in [9.17, 15) is 4.79 Å². The van der Waals surface area contributed by atoms with E-state index in [1.54, 1.807) is 12.1 Å². The van der Waals surface area contributed by atoms with Crippen molar-refractivity contribution in [2.45, 2.75) is 6.92 Å². The van der Waals surface area contributed by atoms with E-state index in [-0.39, 0.29) is 0 Å². The molecule has 4 nitrogen and oxygen atoms in total. The lowest BCUT2D eigenvalue weighted by Crippen LogP contribution is -2.03. The molecule has 16 heavy (non-hydrogen) atoms. The second kappa shape index (κ2) is 5.75. The first-order chi connectivity index (χ1) is 7.63. The van der Waals surface area contributed by atoms with Gasteiger partial charge in [-0.3, -0.25) is 0 Å². The van der Waals surface area contributed by atoms with Crippen molar-refractivity contribution in [3.8, 4) is 11.5 Å². The fraction of sp³-hybridized carbons (Fsp3) is 0.364. The minimum Gasteiger partial charge on any atom is -0.495 e. The van der Waals surface area contributed by atoms with Crippen LogP contribution in [0, 0.1) is 0 Å². The maximum atomic E-state index is 11.4. The summed E-state index contributed by atoms with van der Waals surface area (Å²) in [5, 5.41) is 0. The van der Waals surface area contributed by atoms with Gasteiger partial charge in [-0.1, -0.05) is 0 Å². The summed E-state index contributed by atoms with van der Waals surface area (Å²) in [4.78, 5) is 11.4. The minimum absolute atomic E-state index is 0.394. The Labute approximate surface area is 103 Å². The average Bonchev–Trinajstić information content (AvgIpc) is 2.31. The second-order valence-corrected chi connectivity index (χ2v) is 3.71. The van der Waals surface area contributed by atoms with E-state index in [0.29, 0.717) is 28.1 Å². The van der Waals surface area contributed by atoms with Crippen molar-refractivity contribution in [2.24, 2.45) is 0 Å². The highest BCUT2D eigenvalue weighted by Gasteiger charge is 2.14. The first kappa shape index (κ1) is 12.8. The van der Waals surface area contributed by atoms with Crippen molar-refractivity contribution in [1.29, 1.82) is 0 Å². The number of rotatable bonds is 4. The molecule has 0 N–H and O–H groups in total. The fourth-order valence-corrected chi connectivity index (χ4v) is 1.72. The highest BCUT2D eigenvalue weighted by Crippen LogP contribution is 2.35. The lowest BCUT2D eigenvalue weighted by atomic mass is 10.2. The predicted molar refractivity (Wildman–Crippen MR) is 63.2 cm³/mol. The Balaban J connectivity index is 3.22. The van der Waals surface area contributed by atoms with Gasteiger partial charge in [-0.15, -0.1) is 0 Å². The highest BCUT2D eigenvalue weighted by atomic mass is 79.9. The van der Waals surface area contributed by atoms with Crippen LogP contribution in [0.2, 0.25) is 0 Å². The molecule has 0 atom stereocenters. The quantitative estimate of drug-likeness (QED) is 0.799. The zero-order chi connectivity index (χ0) is 12.1. The summed E-state index contributed by atoms with van der Waals surface area (Å²) in [6.07, 6.45) is 0. The van der Waals surface area contributed by atoms with E-state index in [1.807, 2.05) is 6.92 Å². The van der Waals surface area contributed by atoms with Crippen LogP contribution in [0.5, 0.6) is 11.5 Å². The van der Waals surface area contributed by atoms with Crippen LogP contribution < -0.4 is 9.47 Å². The van der Waals surface area contributed by atoms with Gasteiger partial charge in [0.1, 0.15) is 16.0 Å². The zero-order valence-electron chi connectivity index (χ0n) is 9.37. The molecule has 0 heterocycles. The number of hydrogen-bond donors (Lipinski definition) is 0. The molecule has 0 unspecified atom stereocenters. The lowest BCUT2D eigenvalue weighted by molar-refractivity contribution is 0.0599. The van der Waals surface area contributed by atoms with Gasteiger partial charge >= 0.3 is 5.97 Å². The van der Waals surface area contributed by atoms with Crippen LogP contribution in [-0.4, -0.2) is 26.8 Å². The zero-order valence-corrected chi connectivity index (χ0v) is 11.0. The Morgan fingerprint density at radius 1 is 1.31 bits per heavy atom. The van der Waals surface area contributed by atoms with Crippen LogP contribution >= 0.6 is 15.9 Å². The Kier molecular flexibility index (Phi) is 4.61. The summed E-state index contributed by atoms with van der Waals surface area (Å²) in [6.45, 7) is 2.37. The van der Waals surface area contributed by atoms with Gasteiger partial charge in [0.25, 0.3) is 0 Å². The third kappa shape index (κ3) is 2.66. The van der Waals surface area contributed by atoms with Crippen molar-refractivity contribution in [2.75, 3.05) is 20.8 Å². The summed E-state index contributed by atoms with van der Waals surface area (Å²) >= 11 is 3.35. The second-order valence-electron chi connectivity index (χ2n) is 2.92. The van der Waals surface area contributed by atoms with Crippen LogP contribution in [0.1, 0.15) is 17.3 Å². The standard InChI is InChI=1S/C11H13BrO4/c1-4-16-9-6-7(11(13)15-3)5-8(14-2)10(9)12/h5-6H,4H2,1-3H3. The van der Waals surface area contributed by atoms with E-state index in [1.165, 1.54) is 14.2 Å². The van der Waals surface area contributed by atoms with Crippen molar-refractivity contribution in [3.63, 3.8) is 0 Å². The van der Waals surface area contributed by atoms with E-state index < -0.39 is 5.97 Å². The number of benzene rings is 1. The van der Waals surface area contributed by atoms with Gasteiger partial charge in [-0.2, -0.15) is 0 Å². The van der Waals surface area contributed by atoms with E-state index in [2.05, 4.69) is 20.7 Å². The summed E-state index contributed by atoms with van der Waals surface area (Å²) in [5.41, 5.74) is 0.394. The molecular formula is C11H13BrO4. The Bertz CT molecular complexity index is 390. The molecule has 0 radical (unpaired) electrons. The lowest BCUT2D eigenvalue weighted by Gasteiger charge is -2.11. The summed E-state index contributed by atoms with van der Waals surface area (Å²) in [5.74, 6) is 0.667. The van der Waals surface area contributed by atoms with E-state index >= 15 is 0 Å². The highest BCUT2D eigenvalue weighted by molar-refractivity contribution is 9.10. The van der Waals surface area contributed by atoms with Gasteiger partial charge in [-0.05, 0) is 35.0 Å². The maximum absolute atomic E-state index is 11.4. The van der Waals surface area contributed by atoms with Crippen molar-refractivity contribution >= 4 is 21.9 Å². The molecule has 1 aromatic carbocycles. The minimum atomic E-state index is -0.424. The fourth-order valence-electron chi connectivity index (χ4n) is 1.22. The number of carbonyl (C=O) groups is 1. The van der Waals surface area contributed by atoms with Crippen molar-refractivity contribution in [1.82, 2.24) is 0 Å². The molecule has 0 aliphatic heterocycles. The van der Waals surface area contributed by atoms with Crippen molar-refractivity contribution < 1.29 is 19.0 Å². The molecule has 0 aliphatic carbocycles. The Hall–Kier alpha value is -1.23. The Morgan fingerprint density at radius 3 is 2.44 bits per heavy atom. The molecule has 0 saturated heterocycles. The molecule has 0 saturated carbocycles. The topological polar surface area (TPSA) is 44.8 Å². The van der Waals surface area contributed by atoms with Gasteiger partial charge in [0, 0.05) is 0 Å². The summed E-state index contributed by atoms with van der Waals surface area (Å²) in [7, 11) is 2.86. The molecule has 0 fully saturated rings. The van der Waals surface area contributed by atoms with Crippen LogP contribution in [0.25, 0.3) is 0 Å². The van der Waals surface area contributed by atoms with E-state index in [0.717, 1.165) is 0 Å². The molecule has 0 amide bonds. The number of hydrogen-bond acceptors (Lipinski definition) is 4. The van der Waals surface area contributed by atoms with Gasteiger partial charge < -0.3 is 14.2 Å². The third-order valence-corrected chi connectivity index (χ3v) is 2.73. The molecular weight excluding hydrogens is 276 g/mol. The van der Waals surface area contributed by atoms with Gasteiger partial charge in [-0.25, -0.2) is 4.79 Å². The first-order valence-corrected chi connectivity index (χ1v) is 5.52. The normalized spacial score (nSPS) is 9.75. The molecule has 0 spiro atoms. The average molecular weight is 289 g/mol. The molecule has 1 rings (SSSR count). The first-order valence-electron chi connectivity index (χ1n) is 4.72. The maximum Gasteiger partial charge on any atom is 0.338 e. The number of halogens is 1. The van der Waals surface area contributed by atoms with E-state index in [4.69, 9.17) is 9.47 Å². The molecule has 88 valence electrons. The Morgan fingerprint density at radius 2 is 1.94 bits per heavy atom. The third-order valence-electron chi connectivity index (χ3n) is 1.95. The number of methoxy groups -OCH3 is 2. The van der Waals surface area contributed by atoms with Gasteiger partial charge in [0.05, 0.1) is 26.4 Å². The van der Waals surface area contributed by atoms with Gasteiger partial charge in [0.15, 0.2) is 0 Å². The summed E-state index contributed by atoms with van der Waals surface area (Å²) in [6, 6.07) is 3.21. The molecule has 1 aromatic rings. The predicted octanol–water partition coefficient (Wildman–Crippen LogP) is 2.64.